The van der Waals surface area contributed by atoms with Crippen LogP contribution in [0.5, 0.6) is 0 Å². The number of halogens is 1. The number of H-pyrrole nitrogens is 1. The molecule has 2 aromatic rings. The number of methoxy groups -OCH3 is 1. The number of carbonyl (C=O) groups excluding carboxylic acids is 1. The van der Waals surface area contributed by atoms with Crippen LogP contribution in [0.15, 0.2) is 36.5 Å². The summed E-state index contributed by atoms with van der Waals surface area (Å²) in [6.07, 6.45) is 3.43. The van der Waals surface area contributed by atoms with E-state index in [0.717, 1.165) is 30.6 Å². The zero-order chi connectivity index (χ0) is 17.6. The van der Waals surface area contributed by atoms with Crippen LogP contribution in [0, 0.1) is 5.82 Å². The molecule has 2 amide bonds. The van der Waals surface area contributed by atoms with Crippen LogP contribution in [-0.4, -0.2) is 47.9 Å². The van der Waals surface area contributed by atoms with E-state index < -0.39 is 0 Å². The van der Waals surface area contributed by atoms with Crippen LogP contribution < -0.4 is 5.32 Å². The molecule has 6 nitrogen and oxygen atoms in total. The van der Waals surface area contributed by atoms with Crippen LogP contribution in [0.2, 0.25) is 0 Å². The number of benzene rings is 1. The van der Waals surface area contributed by atoms with Crippen molar-refractivity contribution in [3.63, 3.8) is 0 Å². The molecule has 134 valence electrons. The Labute approximate surface area is 146 Å². The average molecular weight is 346 g/mol. The number of piperidine rings is 1. The highest BCUT2D eigenvalue weighted by Crippen LogP contribution is 2.25. The van der Waals surface area contributed by atoms with Crippen LogP contribution >= 0.6 is 0 Å². The van der Waals surface area contributed by atoms with Gasteiger partial charge in [0.1, 0.15) is 5.82 Å². The van der Waals surface area contributed by atoms with E-state index in [1.165, 1.54) is 12.1 Å². The number of likely N-dealkylation sites (tertiary alicyclic amines) is 1. The first-order chi connectivity index (χ1) is 12.2. The Morgan fingerprint density at radius 3 is 2.92 bits per heavy atom. The summed E-state index contributed by atoms with van der Waals surface area (Å²) in [5, 5.41) is 9.91. The van der Waals surface area contributed by atoms with Crippen molar-refractivity contribution in [3.8, 4) is 0 Å². The molecule has 0 aliphatic carbocycles. The Kier molecular flexibility index (Phi) is 5.65. The van der Waals surface area contributed by atoms with E-state index in [4.69, 9.17) is 4.74 Å². The lowest BCUT2D eigenvalue weighted by Gasteiger charge is -2.32. The molecule has 1 aromatic heterocycles. The summed E-state index contributed by atoms with van der Waals surface area (Å²) in [6.45, 7) is 1.75. The van der Waals surface area contributed by atoms with Crippen molar-refractivity contribution in [2.24, 2.45) is 0 Å². The number of ether oxygens (including phenoxy) is 1. The Balaban J connectivity index is 1.55. The first-order valence-electron chi connectivity index (χ1n) is 8.47. The molecule has 0 spiro atoms. The largest absolute Gasteiger partial charge is 0.375 e. The summed E-state index contributed by atoms with van der Waals surface area (Å²) in [5.41, 5.74) is 1.90. The summed E-state index contributed by atoms with van der Waals surface area (Å²) in [4.78, 5) is 14.3. The molecule has 1 aliphatic rings. The monoisotopic (exact) mass is 346 g/mol. The minimum atomic E-state index is -0.308. The zero-order valence-corrected chi connectivity index (χ0v) is 14.2. The third-order valence-corrected chi connectivity index (χ3v) is 4.64. The van der Waals surface area contributed by atoms with Gasteiger partial charge >= 0.3 is 6.03 Å². The van der Waals surface area contributed by atoms with Gasteiger partial charge < -0.3 is 15.0 Å². The fourth-order valence-electron chi connectivity index (χ4n) is 3.22. The summed E-state index contributed by atoms with van der Waals surface area (Å²) < 4.78 is 18.5. The molecule has 1 fully saturated rings. The van der Waals surface area contributed by atoms with Gasteiger partial charge in [-0.05, 0) is 36.6 Å². The third kappa shape index (κ3) is 4.36. The van der Waals surface area contributed by atoms with E-state index in [2.05, 4.69) is 15.5 Å². The van der Waals surface area contributed by atoms with Gasteiger partial charge in [0.25, 0.3) is 0 Å². The van der Waals surface area contributed by atoms with Gasteiger partial charge in [0.2, 0.25) is 0 Å². The number of nitrogens with one attached hydrogen (secondary N) is 2. The van der Waals surface area contributed by atoms with Gasteiger partial charge in [-0.2, -0.15) is 5.10 Å². The predicted octanol–water partition coefficient (Wildman–Crippen LogP) is 2.83. The Hall–Kier alpha value is -2.41. The average Bonchev–Trinajstić information content (AvgIpc) is 3.18. The number of hydrogen-bond acceptors (Lipinski definition) is 3. The normalized spacial score (nSPS) is 18.8. The lowest BCUT2D eigenvalue weighted by molar-refractivity contribution is 0.100. The smallest absolute Gasteiger partial charge is 0.317 e. The van der Waals surface area contributed by atoms with Crippen molar-refractivity contribution in [3.05, 3.63) is 53.6 Å². The molecule has 0 bridgehead atoms. The van der Waals surface area contributed by atoms with Gasteiger partial charge in [0.15, 0.2) is 0 Å². The second kappa shape index (κ2) is 8.11. The van der Waals surface area contributed by atoms with Gasteiger partial charge in [-0.1, -0.05) is 12.1 Å². The lowest BCUT2D eigenvalue weighted by Crippen LogP contribution is -2.46. The highest BCUT2D eigenvalue weighted by Gasteiger charge is 2.26. The third-order valence-electron chi connectivity index (χ3n) is 4.64. The Bertz CT molecular complexity index is 675. The van der Waals surface area contributed by atoms with Crippen LogP contribution in [0.4, 0.5) is 9.18 Å². The molecular formula is C18H23FN4O2. The molecule has 0 saturated carbocycles. The van der Waals surface area contributed by atoms with Gasteiger partial charge in [-0.15, -0.1) is 0 Å². The van der Waals surface area contributed by atoms with E-state index >= 15 is 0 Å². The van der Waals surface area contributed by atoms with E-state index in [9.17, 15) is 9.18 Å². The summed E-state index contributed by atoms with van der Waals surface area (Å²) in [6, 6.07) is 7.98. The number of carbonyl (C=O) groups is 1. The van der Waals surface area contributed by atoms with E-state index in [1.807, 2.05) is 11.0 Å². The highest BCUT2D eigenvalue weighted by molar-refractivity contribution is 5.74. The lowest BCUT2D eigenvalue weighted by atomic mass is 9.95. The van der Waals surface area contributed by atoms with Crippen molar-refractivity contribution in [2.45, 2.75) is 24.9 Å². The van der Waals surface area contributed by atoms with Crippen LogP contribution in [-0.2, 0) is 4.74 Å². The maximum atomic E-state index is 13.0. The maximum absolute atomic E-state index is 13.0. The van der Waals surface area contributed by atoms with Gasteiger partial charge in [0, 0.05) is 44.6 Å². The molecule has 0 radical (unpaired) electrons. The summed E-state index contributed by atoms with van der Waals surface area (Å²) in [7, 11) is 1.58. The number of aromatic nitrogens is 2. The molecule has 1 saturated heterocycles. The van der Waals surface area contributed by atoms with Crippen molar-refractivity contribution in [1.82, 2.24) is 20.4 Å². The fourth-order valence-corrected chi connectivity index (χ4v) is 3.22. The van der Waals surface area contributed by atoms with Crippen molar-refractivity contribution in [2.75, 3.05) is 26.7 Å². The first kappa shape index (κ1) is 17.4. The number of rotatable bonds is 5. The second-order valence-electron chi connectivity index (χ2n) is 6.26. The Morgan fingerprint density at radius 1 is 1.44 bits per heavy atom. The van der Waals surface area contributed by atoms with E-state index in [1.54, 1.807) is 25.4 Å². The van der Waals surface area contributed by atoms with Crippen molar-refractivity contribution < 1.29 is 13.9 Å². The molecular weight excluding hydrogens is 323 g/mol. The summed E-state index contributed by atoms with van der Waals surface area (Å²) in [5.74, 6) is -0.00174. The maximum Gasteiger partial charge on any atom is 0.317 e. The van der Waals surface area contributed by atoms with Crippen LogP contribution in [0.25, 0.3) is 0 Å². The minimum absolute atomic E-state index is 0.103. The zero-order valence-electron chi connectivity index (χ0n) is 14.2. The van der Waals surface area contributed by atoms with Gasteiger partial charge in [-0.3, -0.25) is 5.10 Å². The highest BCUT2D eigenvalue weighted by atomic mass is 19.1. The molecule has 3 rings (SSSR count). The van der Waals surface area contributed by atoms with Crippen molar-refractivity contribution >= 4 is 6.03 Å². The first-order valence-corrected chi connectivity index (χ1v) is 8.47. The molecule has 2 heterocycles. The number of aromatic amines is 1. The molecule has 25 heavy (non-hydrogen) atoms. The standard InChI is InChI=1S/C18H23FN4O2/c1-25-17(13-4-6-15(19)7-5-13)11-20-18(24)23-10-2-3-14(12-23)16-8-9-21-22-16/h4-9,14,17H,2-3,10-12H2,1H3,(H,20,24)(H,21,22). The number of nitrogens with zero attached hydrogens (tertiary/aromatic N) is 2. The molecule has 2 N–H and O–H groups in total. The molecule has 7 heteroatoms. The molecule has 1 aliphatic heterocycles. The minimum Gasteiger partial charge on any atom is -0.375 e. The molecule has 1 aromatic carbocycles. The number of hydrogen-bond donors (Lipinski definition) is 2. The number of amides is 2. The van der Waals surface area contributed by atoms with Crippen LogP contribution in [0.3, 0.4) is 0 Å². The second-order valence-corrected chi connectivity index (χ2v) is 6.26. The molecule has 2 atom stereocenters. The van der Waals surface area contributed by atoms with Crippen molar-refractivity contribution in [1.29, 1.82) is 0 Å². The van der Waals surface area contributed by atoms with Crippen LogP contribution in [0.1, 0.15) is 36.1 Å². The topological polar surface area (TPSA) is 70.2 Å². The van der Waals surface area contributed by atoms with Gasteiger partial charge in [-0.25, -0.2) is 9.18 Å². The Morgan fingerprint density at radius 2 is 2.24 bits per heavy atom. The van der Waals surface area contributed by atoms with E-state index in [0.29, 0.717) is 13.1 Å². The predicted molar refractivity (Wildman–Crippen MR) is 91.7 cm³/mol. The number of urea groups is 1. The van der Waals surface area contributed by atoms with Gasteiger partial charge in [0.05, 0.1) is 6.10 Å². The SMILES string of the molecule is COC(CNC(=O)N1CCCC(c2ccn[nH]2)C1)c1ccc(F)cc1. The fraction of sp³-hybridized carbons (Fsp3) is 0.444. The quantitative estimate of drug-likeness (QED) is 0.875. The molecule has 2 unspecified atom stereocenters. The summed E-state index contributed by atoms with van der Waals surface area (Å²) >= 11 is 0. The van der Waals surface area contributed by atoms with E-state index in [-0.39, 0.29) is 23.9 Å².